The van der Waals surface area contributed by atoms with Gasteiger partial charge in [0.15, 0.2) is 0 Å². The van der Waals surface area contributed by atoms with Crippen molar-refractivity contribution in [3.8, 4) is 22.6 Å². The number of amides is 1. The van der Waals surface area contributed by atoms with Crippen LogP contribution in [0.3, 0.4) is 0 Å². The van der Waals surface area contributed by atoms with E-state index in [1.807, 2.05) is 30.3 Å². The highest BCUT2D eigenvalue weighted by Crippen LogP contribution is 2.46. The van der Waals surface area contributed by atoms with Crippen molar-refractivity contribution in [3.63, 3.8) is 0 Å². The lowest BCUT2D eigenvalue weighted by molar-refractivity contribution is -0.123. The summed E-state index contributed by atoms with van der Waals surface area (Å²) >= 11 is 1.37. The number of halogens is 1. The first-order valence-electron chi connectivity index (χ1n) is 11.7. The fraction of sp³-hybridized carbons (Fsp3) is 0.172. The van der Waals surface area contributed by atoms with E-state index in [9.17, 15) is 19.4 Å². The zero-order chi connectivity index (χ0) is 25.9. The topological polar surface area (TPSA) is 82.9 Å². The van der Waals surface area contributed by atoms with Crippen molar-refractivity contribution in [1.29, 1.82) is 0 Å². The summed E-state index contributed by atoms with van der Waals surface area (Å²) in [7, 11) is 1.59. The Bertz CT molecular complexity index is 1380. The van der Waals surface area contributed by atoms with Crippen molar-refractivity contribution in [2.75, 3.05) is 17.8 Å². The zero-order valence-corrected chi connectivity index (χ0v) is 20.8. The number of aromatic hydroxyl groups is 1. The van der Waals surface area contributed by atoms with E-state index in [2.05, 4.69) is 4.98 Å². The Morgan fingerprint density at radius 2 is 1.70 bits per heavy atom. The van der Waals surface area contributed by atoms with Crippen molar-refractivity contribution < 1.29 is 24.1 Å². The minimum absolute atomic E-state index is 0.0646. The van der Waals surface area contributed by atoms with E-state index in [1.54, 1.807) is 60.8 Å². The molecule has 0 unspecified atom stereocenters. The van der Waals surface area contributed by atoms with Crippen LogP contribution in [-0.4, -0.2) is 39.2 Å². The van der Waals surface area contributed by atoms with Gasteiger partial charge in [-0.25, -0.2) is 4.39 Å². The number of phenols is 1. The van der Waals surface area contributed by atoms with E-state index in [0.29, 0.717) is 11.3 Å². The van der Waals surface area contributed by atoms with Gasteiger partial charge < -0.3 is 19.8 Å². The number of aliphatic hydroxyl groups is 1. The molecule has 6 nitrogen and oxygen atoms in total. The van der Waals surface area contributed by atoms with E-state index in [1.165, 1.54) is 23.9 Å². The number of thioether (sulfide) groups is 1. The van der Waals surface area contributed by atoms with Gasteiger partial charge in [0, 0.05) is 23.2 Å². The number of hydrogen-bond donors (Lipinski definition) is 2. The van der Waals surface area contributed by atoms with Crippen LogP contribution in [0.4, 0.5) is 10.1 Å². The summed E-state index contributed by atoms with van der Waals surface area (Å²) in [6.07, 6.45) is 2.57. The van der Waals surface area contributed by atoms with E-state index in [0.717, 1.165) is 22.4 Å². The molecule has 1 amide bonds. The van der Waals surface area contributed by atoms with Gasteiger partial charge in [0.05, 0.1) is 25.5 Å². The molecular formula is C29H25FN2O4S. The van der Waals surface area contributed by atoms with Crippen LogP contribution in [0.2, 0.25) is 0 Å². The first-order valence-corrected chi connectivity index (χ1v) is 12.8. The van der Waals surface area contributed by atoms with Crippen LogP contribution in [0.1, 0.15) is 23.3 Å². The average molecular weight is 517 g/mol. The second-order valence-electron chi connectivity index (χ2n) is 8.73. The van der Waals surface area contributed by atoms with Crippen LogP contribution in [0.15, 0.2) is 91.3 Å². The van der Waals surface area contributed by atoms with Crippen LogP contribution in [0.25, 0.3) is 11.1 Å². The molecule has 2 N–H and O–H groups in total. The molecule has 0 spiro atoms. The Kier molecular flexibility index (Phi) is 7.12. The number of anilines is 1. The largest absolute Gasteiger partial charge is 0.508 e. The predicted molar refractivity (Wildman–Crippen MR) is 142 cm³/mol. The van der Waals surface area contributed by atoms with Crippen LogP contribution in [0.5, 0.6) is 11.5 Å². The lowest BCUT2D eigenvalue weighted by Gasteiger charge is -2.47. The maximum atomic E-state index is 13.3. The summed E-state index contributed by atoms with van der Waals surface area (Å²) < 4.78 is 18.5. The molecule has 188 valence electrons. The Hall–Kier alpha value is -3.88. The Labute approximate surface area is 218 Å². The highest BCUT2D eigenvalue weighted by atomic mass is 32.2. The number of carbonyl (C=O) groups is 1. The molecule has 1 aliphatic rings. The van der Waals surface area contributed by atoms with Crippen LogP contribution in [-0.2, 0) is 4.79 Å². The fourth-order valence-corrected chi connectivity index (χ4v) is 5.69. The quantitative estimate of drug-likeness (QED) is 0.300. The smallest absolute Gasteiger partial charge is 0.243 e. The third-order valence-electron chi connectivity index (χ3n) is 6.40. The third kappa shape index (κ3) is 5.16. The lowest BCUT2D eigenvalue weighted by Crippen LogP contribution is -2.57. The molecule has 0 radical (unpaired) electrons. The second kappa shape index (κ2) is 10.6. The first-order chi connectivity index (χ1) is 17.9. The first kappa shape index (κ1) is 24.8. The molecule has 3 aromatic carbocycles. The molecule has 1 aromatic heterocycles. The maximum absolute atomic E-state index is 13.3. The molecule has 8 heteroatoms. The predicted octanol–water partition coefficient (Wildman–Crippen LogP) is 5.53. The molecule has 1 aliphatic heterocycles. The van der Waals surface area contributed by atoms with Gasteiger partial charge in [-0.1, -0.05) is 36.4 Å². The van der Waals surface area contributed by atoms with E-state index in [-0.39, 0.29) is 29.3 Å². The van der Waals surface area contributed by atoms with E-state index in [4.69, 9.17) is 4.74 Å². The molecular weight excluding hydrogens is 491 g/mol. The van der Waals surface area contributed by atoms with Gasteiger partial charge >= 0.3 is 0 Å². The maximum Gasteiger partial charge on any atom is 0.243 e. The van der Waals surface area contributed by atoms with Crippen molar-refractivity contribution in [3.05, 3.63) is 108 Å². The number of aliphatic hydroxyl groups excluding tert-OH is 1. The fourth-order valence-electron chi connectivity index (χ4n) is 4.39. The SMILES string of the molecule is COc1cncc(-c2ccc(N3C(=O)[C@H](SC[C@@H](O)c4ccc(F)cc4)[C@H]3c3ccc(O)cc3)cc2)c1. The van der Waals surface area contributed by atoms with Gasteiger partial charge in [-0.15, -0.1) is 11.8 Å². The zero-order valence-electron chi connectivity index (χ0n) is 20.0. The molecule has 0 bridgehead atoms. The van der Waals surface area contributed by atoms with Crippen LogP contribution < -0.4 is 9.64 Å². The van der Waals surface area contributed by atoms with Gasteiger partial charge in [0.25, 0.3) is 0 Å². The number of hydrogen-bond acceptors (Lipinski definition) is 6. The minimum Gasteiger partial charge on any atom is -0.508 e. The minimum atomic E-state index is -0.830. The van der Waals surface area contributed by atoms with Crippen LogP contribution >= 0.6 is 11.8 Å². The van der Waals surface area contributed by atoms with Gasteiger partial charge in [-0.2, -0.15) is 0 Å². The summed E-state index contributed by atoms with van der Waals surface area (Å²) in [6, 6.07) is 21.8. The molecule has 4 aromatic rings. The number of benzene rings is 3. The Balaban J connectivity index is 1.37. The van der Waals surface area contributed by atoms with Crippen molar-refractivity contribution in [2.45, 2.75) is 17.4 Å². The molecule has 37 heavy (non-hydrogen) atoms. The van der Waals surface area contributed by atoms with Crippen molar-refractivity contribution in [1.82, 2.24) is 4.98 Å². The van der Waals surface area contributed by atoms with Crippen molar-refractivity contribution in [2.24, 2.45) is 0 Å². The highest BCUT2D eigenvalue weighted by Gasteiger charge is 2.49. The summed E-state index contributed by atoms with van der Waals surface area (Å²) in [5.74, 6) is 0.661. The molecule has 1 fully saturated rings. The number of β-lactam (4-membered cyclic amide) rings is 1. The molecule has 2 heterocycles. The summed E-state index contributed by atoms with van der Waals surface area (Å²) in [4.78, 5) is 19.3. The molecule has 1 saturated heterocycles. The number of nitrogens with zero attached hydrogens (tertiary/aromatic N) is 2. The summed E-state index contributed by atoms with van der Waals surface area (Å²) in [6.45, 7) is 0. The lowest BCUT2D eigenvalue weighted by atomic mass is 9.92. The second-order valence-corrected chi connectivity index (χ2v) is 9.90. The van der Waals surface area contributed by atoms with Gasteiger partial charge in [-0.3, -0.25) is 9.78 Å². The average Bonchev–Trinajstić information content (AvgIpc) is 2.93. The van der Waals surface area contributed by atoms with Crippen LogP contribution in [0, 0.1) is 5.82 Å². The van der Waals surface area contributed by atoms with Gasteiger partial charge in [0.1, 0.15) is 22.6 Å². The molecule has 5 rings (SSSR count). The van der Waals surface area contributed by atoms with E-state index < -0.39 is 11.4 Å². The summed E-state index contributed by atoms with van der Waals surface area (Å²) in [5.41, 5.74) is 4.07. The number of ether oxygens (including phenoxy) is 1. The number of methoxy groups -OCH3 is 1. The number of carbonyl (C=O) groups excluding carboxylic acids is 1. The highest BCUT2D eigenvalue weighted by molar-refractivity contribution is 8.00. The molecule has 0 aliphatic carbocycles. The number of pyridine rings is 1. The third-order valence-corrected chi connectivity index (χ3v) is 7.72. The van der Waals surface area contributed by atoms with Crippen molar-refractivity contribution >= 4 is 23.4 Å². The number of phenolic OH excluding ortho intramolecular Hbond substituents is 1. The monoisotopic (exact) mass is 516 g/mol. The molecule has 0 saturated carbocycles. The number of rotatable bonds is 8. The summed E-state index contributed by atoms with van der Waals surface area (Å²) in [5, 5.41) is 20.0. The van der Waals surface area contributed by atoms with E-state index >= 15 is 0 Å². The normalized spacial score (nSPS) is 17.8. The number of aromatic nitrogens is 1. The standard InChI is InChI=1S/C29H25FN2O4S/c1-36-25-14-21(15-31-16-25)18-4-10-23(11-5-18)32-27(20-6-12-24(33)13-7-20)28(29(32)35)37-17-26(34)19-2-8-22(30)9-3-19/h2-16,26-28,33-34H,17H2,1H3/t26-,27-,28-/m1/s1. The Morgan fingerprint density at radius 1 is 1.00 bits per heavy atom. The Morgan fingerprint density at radius 3 is 2.38 bits per heavy atom. The van der Waals surface area contributed by atoms with Gasteiger partial charge in [-0.05, 0) is 59.2 Å². The van der Waals surface area contributed by atoms with Gasteiger partial charge in [0.2, 0.25) is 5.91 Å². The molecule has 3 atom stereocenters.